The fraction of sp³-hybridized carbons (Fsp3) is 0.259. The maximum Gasteiger partial charge on any atom is 0.306 e. The van der Waals surface area contributed by atoms with Crippen LogP contribution in [0.5, 0.6) is 28.9 Å². The zero-order valence-electron chi connectivity index (χ0n) is 21.2. The van der Waals surface area contributed by atoms with Crippen molar-refractivity contribution >= 4 is 17.6 Å². The highest BCUT2D eigenvalue weighted by Crippen LogP contribution is 2.38. The maximum atomic E-state index is 15.4. The first-order chi connectivity index (χ1) is 19.1. The molecule has 0 radical (unpaired) electrons. The lowest BCUT2D eigenvalue weighted by molar-refractivity contribution is -0.153. The number of aliphatic imine (C=N–C) groups is 1. The van der Waals surface area contributed by atoms with Gasteiger partial charge in [-0.3, -0.25) is 10.2 Å². The molecule has 2 aliphatic rings. The minimum absolute atomic E-state index is 0.0970. The SMILES string of the molecule is CN1CC(OC2CC(C(=O)O)C2)N=C1c1ccccc1Oc1c(F)cnc(Oc2cc(C(=N)N)ccc2O)c1F. The summed E-state index contributed by atoms with van der Waals surface area (Å²) in [4.78, 5) is 21.1. The standard InChI is InChI=1S/C27H25F2N5O6/c1-34-12-21(38-15-8-14(9-15)27(36)37)33-25(34)16-4-2-3-5-19(16)39-23-17(28)11-32-26(22(23)29)40-20-10-13(24(30)31)6-7-18(20)35/h2-7,10-11,14-15,21,35H,8-9,12H2,1H3,(H3,30,31)(H,36,37). The number of nitrogens with zero attached hydrogens (tertiary/aromatic N) is 3. The van der Waals surface area contributed by atoms with Gasteiger partial charge in [-0.25, -0.2) is 14.4 Å². The number of nitrogens with one attached hydrogen (secondary N) is 1. The Kier molecular flexibility index (Phi) is 7.22. The third-order valence-corrected chi connectivity index (χ3v) is 6.57. The topological polar surface area (TPSA) is 164 Å². The molecule has 0 spiro atoms. The predicted octanol–water partition coefficient (Wildman–Crippen LogP) is 3.83. The number of aromatic hydroxyl groups is 1. The molecule has 0 saturated heterocycles. The van der Waals surface area contributed by atoms with E-state index in [9.17, 15) is 14.3 Å². The van der Waals surface area contributed by atoms with E-state index in [1.807, 2.05) is 0 Å². The van der Waals surface area contributed by atoms with E-state index in [4.69, 9.17) is 30.5 Å². The molecule has 1 atom stereocenters. The number of pyridine rings is 1. The lowest BCUT2D eigenvalue weighted by Crippen LogP contribution is -2.39. The fourth-order valence-electron chi connectivity index (χ4n) is 4.36. The van der Waals surface area contributed by atoms with Gasteiger partial charge in [-0.1, -0.05) is 12.1 Å². The van der Waals surface area contributed by atoms with Gasteiger partial charge in [-0.15, -0.1) is 0 Å². The molecular formula is C27H25F2N5O6. The van der Waals surface area contributed by atoms with Crippen LogP contribution >= 0.6 is 0 Å². The molecule has 5 N–H and O–H groups in total. The zero-order chi connectivity index (χ0) is 28.6. The Hall–Kier alpha value is -4.78. The minimum atomic E-state index is -1.26. The summed E-state index contributed by atoms with van der Waals surface area (Å²) in [6.07, 6.45) is 0.807. The summed E-state index contributed by atoms with van der Waals surface area (Å²) >= 11 is 0. The van der Waals surface area contributed by atoms with Gasteiger partial charge in [0.15, 0.2) is 23.5 Å². The van der Waals surface area contributed by atoms with E-state index < -0.39 is 41.4 Å². The smallest absolute Gasteiger partial charge is 0.306 e. The number of benzene rings is 2. The fourth-order valence-corrected chi connectivity index (χ4v) is 4.36. The lowest BCUT2D eigenvalue weighted by atomic mass is 9.82. The van der Waals surface area contributed by atoms with E-state index in [-0.39, 0.29) is 34.8 Å². The lowest BCUT2D eigenvalue weighted by Gasteiger charge is -2.33. The quantitative estimate of drug-likeness (QED) is 0.228. The summed E-state index contributed by atoms with van der Waals surface area (Å²) in [6.45, 7) is 0.399. The van der Waals surface area contributed by atoms with Gasteiger partial charge in [0.25, 0.3) is 5.88 Å². The normalized spacial score (nSPS) is 20.0. The number of carboxylic acid groups (broad SMARTS) is 1. The molecule has 2 aromatic carbocycles. The maximum absolute atomic E-state index is 15.4. The molecule has 13 heteroatoms. The van der Waals surface area contributed by atoms with Crippen molar-refractivity contribution in [3.8, 4) is 28.9 Å². The number of rotatable bonds is 9. The van der Waals surface area contributed by atoms with Gasteiger partial charge < -0.3 is 35.1 Å². The summed E-state index contributed by atoms with van der Waals surface area (Å²) in [5, 5.41) is 26.7. The van der Waals surface area contributed by atoms with Gasteiger partial charge in [0.05, 0.1) is 30.3 Å². The minimum Gasteiger partial charge on any atom is -0.504 e. The van der Waals surface area contributed by atoms with Crippen molar-refractivity contribution in [3.63, 3.8) is 0 Å². The number of halogens is 2. The Morgan fingerprint density at radius 3 is 2.62 bits per heavy atom. The van der Waals surface area contributed by atoms with Gasteiger partial charge in [-0.2, -0.15) is 4.39 Å². The third-order valence-electron chi connectivity index (χ3n) is 6.57. The van der Waals surface area contributed by atoms with E-state index in [0.29, 0.717) is 37.0 Å². The first-order valence-electron chi connectivity index (χ1n) is 12.2. The summed E-state index contributed by atoms with van der Waals surface area (Å²) < 4.78 is 47.2. The summed E-state index contributed by atoms with van der Waals surface area (Å²) in [5.41, 5.74) is 6.12. The van der Waals surface area contributed by atoms with Crippen LogP contribution in [0, 0.1) is 23.0 Å². The Bertz CT molecular complexity index is 1510. The molecule has 208 valence electrons. The number of carboxylic acids is 1. The van der Waals surface area contributed by atoms with Crippen LogP contribution in [0.15, 0.2) is 53.7 Å². The predicted molar refractivity (Wildman–Crippen MR) is 138 cm³/mol. The average molecular weight is 554 g/mol. The average Bonchev–Trinajstić information content (AvgIpc) is 3.26. The molecule has 0 bridgehead atoms. The Morgan fingerprint density at radius 1 is 1.15 bits per heavy atom. The molecule has 40 heavy (non-hydrogen) atoms. The second-order valence-corrected chi connectivity index (χ2v) is 9.40. The van der Waals surface area contributed by atoms with Crippen molar-refractivity contribution in [1.82, 2.24) is 9.88 Å². The molecule has 1 aliphatic carbocycles. The summed E-state index contributed by atoms with van der Waals surface area (Å²) in [6, 6.07) is 10.4. The molecule has 11 nitrogen and oxygen atoms in total. The van der Waals surface area contributed by atoms with E-state index >= 15 is 4.39 Å². The molecule has 5 rings (SSSR count). The number of carbonyl (C=O) groups is 1. The Morgan fingerprint density at radius 2 is 1.90 bits per heavy atom. The molecule has 1 fully saturated rings. The van der Waals surface area contributed by atoms with Gasteiger partial charge >= 0.3 is 5.97 Å². The highest BCUT2D eigenvalue weighted by molar-refractivity contribution is 6.02. The number of ether oxygens (including phenoxy) is 3. The van der Waals surface area contributed by atoms with Gasteiger partial charge in [0.1, 0.15) is 17.4 Å². The highest BCUT2D eigenvalue weighted by Gasteiger charge is 2.38. The van der Waals surface area contributed by atoms with Crippen LogP contribution in [-0.2, 0) is 9.53 Å². The molecule has 0 amide bonds. The number of nitrogen functional groups attached to an aromatic ring is 1. The van der Waals surface area contributed by atoms with Crippen molar-refractivity contribution in [2.75, 3.05) is 13.6 Å². The second kappa shape index (κ2) is 10.8. The summed E-state index contributed by atoms with van der Waals surface area (Å²) in [5.74, 6) is -5.43. The van der Waals surface area contributed by atoms with Crippen LogP contribution < -0.4 is 15.2 Å². The van der Waals surface area contributed by atoms with Gasteiger partial charge in [0, 0.05) is 12.6 Å². The number of phenolic OH excluding ortho intramolecular Hbond substituents is 1. The first kappa shape index (κ1) is 26.8. The van der Waals surface area contributed by atoms with Crippen molar-refractivity contribution < 1.29 is 38.0 Å². The number of para-hydroxylation sites is 1. The first-order valence-corrected chi connectivity index (χ1v) is 12.2. The van der Waals surface area contributed by atoms with E-state index in [1.54, 1.807) is 30.1 Å². The number of nitrogens with two attached hydrogens (primary N) is 1. The van der Waals surface area contributed by atoms with Crippen LogP contribution in [0.25, 0.3) is 0 Å². The van der Waals surface area contributed by atoms with Gasteiger partial charge in [0.2, 0.25) is 11.6 Å². The van der Waals surface area contributed by atoms with E-state index in [2.05, 4.69) is 9.98 Å². The molecule has 1 aromatic heterocycles. The number of amidine groups is 2. The number of likely N-dealkylation sites (N-methyl/N-ethyl adjacent to an activating group) is 1. The number of phenols is 1. The third kappa shape index (κ3) is 5.36. The number of hydrogen-bond acceptors (Lipinski definition) is 9. The summed E-state index contributed by atoms with van der Waals surface area (Å²) in [7, 11) is 1.78. The van der Waals surface area contributed by atoms with Crippen molar-refractivity contribution in [1.29, 1.82) is 5.41 Å². The second-order valence-electron chi connectivity index (χ2n) is 9.40. The molecular weight excluding hydrogens is 528 g/mol. The molecule has 2 heterocycles. The highest BCUT2D eigenvalue weighted by atomic mass is 19.1. The van der Waals surface area contributed by atoms with E-state index in [1.165, 1.54) is 24.3 Å². The van der Waals surface area contributed by atoms with Crippen molar-refractivity contribution in [2.24, 2.45) is 16.6 Å². The Balaban J connectivity index is 1.38. The van der Waals surface area contributed by atoms with Crippen LogP contribution in [-0.4, -0.2) is 63.7 Å². The zero-order valence-corrected chi connectivity index (χ0v) is 21.2. The molecule has 1 aliphatic heterocycles. The molecule has 1 saturated carbocycles. The van der Waals surface area contributed by atoms with Gasteiger partial charge in [-0.05, 0) is 43.2 Å². The van der Waals surface area contributed by atoms with Crippen LogP contribution in [0.1, 0.15) is 24.0 Å². The van der Waals surface area contributed by atoms with Crippen molar-refractivity contribution in [2.45, 2.75) is 25.2 Å². The Labute approximate surface area is 227 Å². The number of aromatic nitrogens is 1. The molecule has 1 unspecified atom stereocenters. The van der Waals surface area contributed by atoms with E-state index in [0.717, 1.165) is 0 Å². The van der Waals surface area contributed by atoms with Crippen molar-refractivity contribution in [3.05, 3.63) is 71.4 Å². The largest absolute Gasteiger partial charge is 0.504 e. The monoisotopic (exact) mass is 553 g/mol. The molecule has 3 aromatic rings. The number of hydrogen-bond donors (Lipinski definition) is 4. The number of aliphatic carboxylic acids is 1. The van der Waals surface area contributed by atoms with Crippen LogP contribution in [0.4, 0.5) is 8.78 Å². The van der Waals surface area contributed by atoms with Crippen LogP contribution in [0.2, 0.25) is 0 Å². The van der Waals surface area contributed by atoms with Crippen LogP contribution in [0.3, 0.4) is 0 Å².